The Balaban J connectivity index is 1.85. The maximum Gasteiger partial charge on any atom is 0.417 e. The van der Waals surface area contributed by atoms with Crippen molar-refractivity contribution < 1.29 is 27.4 Å². The molecule has 30 heavy (non-hydrogen) atoms. The summed E-state index contributed by atoms with van der Waals surface area (Å²) in [5, 5.41) is 3.21. The summed E-state index contributed by atoms with van der Waals surface area (Å²) in [6.45, 7) is 3.84. The van der Waals surface area contributed by atoms with E-state index in [4.69, 9.17) is 9.47 Å². The predicted molar refractivity (Wildman–Crippen MR) is 112 cm³/mol. The molecule has 0 saturated carbocycles. The maximum absolute atomic E-state index is 12.6. The number of aromatic nitrogens is 1. The Morgan fingerprint density at radius 2 is 1.80 bits per heavy atom. The van der Waals surface area contributed by atoms with E-state index in [9.17, 15) is 18.0 Å². The fourth-order valence-corrected chi connectivity index (χ4v) is 4.09. The lowest BCUT2D eigenvalue weighted by Crippen LogP contribution is -2.40. The minimum atomic E-state index is -4.44. The molecule has 1 amide bonds. The number of ether oxygens (including phenoxy) is 2. The Morgan fingerprint density at radius 1 is 1.10 bits per heavy atom. The first kappa shape index (κ1) is 24.2. The van der Waals surface area contributed by atoms with Crippen molar-refractivity contribution in [3.8, 4) is 11.5 Å². The van der Waals surface area contributed by atoms with Gasteiger partial charge in [0.1, 0.15) is 0 Å². The molecule has 0 atom stereocenters. The zero-order valence-electron chi connectivity index (χ0n) is 17.0. The van der Waals surface area contributed by atoms with Gasteiger partial charge in [-0.25, -0.2) is 4.98 Å². The van der Waals surface area contributed by atoms with Crippen molar-refractivity contribution in [2.75, 3.05) is 26.5 Å². The summed E-state index contributed by atoms with van der Waals surface area (Å²) in [4.78, 5) is 17.3. The SMILES string of the molecule is COc1ccc(SCCNC(=O)C(C)(C)Sc2ccc(C(F)(F)F)cn2)cc1OC. The Hall–Kier alpha value is -2.07. The molecule has 2 rings (SSSR count). The number of hydrogen-bond acceptors (Lipinski definition) is 6. The second kappa shape index (κ2) is 10.3. The van der Waals surface area contributed by atoms with Crippen molar-refractivity contribution in [3.63, 3.8) is 0 Å². The first-order chi connectivity index (χ1) is 14.1. The average Bonchev–Trinajstić information content (AvgIpc) is 2.70. The average molecular weight is 461 g/mol. The third-order valence-electron chi connectivity index (χ3n) is 3.98. The number of nitrogens with one attached hydrogen (secondary N) is 1. The summed E-state index contributed by atoms with van der Waals surface area (Å²) in [6.07, 6.45) is -3.66. The fraction of sp³-hybridized carbons (Fsp3) is 0.400. The molecule has 0 aliphatic heterocycles. The molecule has 1 N–H and O–H groups in total. The second-order valence-electron chi connectivity index (χ2n) is 6.62. The van der Waals surface area contributed by atoms with Crippen molar-refractivity contribution in [2.45, 2.75) is 34.7 Å². The molecule has 1 heterocycles. The van der Waals surface area contributed by atoms with E-state index >= 15 is 0 Å². The zero-order valence-corrected chi connectivity index (χ0v) is 18.6. The van der Waals surface area contributed by atoms with E-state index in [1.54, 1.807) is 39.8 Å². The number of rotatable bonds is 9. The van der Waals surface area contributed by atoms with Crippen LogP contribution in [-0.4, -0.2) is 42.2 Å². The van der Waals surface area contributed by atoms with Gasteiger partial charge in [-0.2, -0.15) is 13.2 Å². The molecule has 10 heteroatoms. The number of carbonyl (C=O) groups excluding carboxylic acids is 1. The topological polar surface area (TPSA) is 60.5 Å². The monoisotopic (exact) mass is 460 g/mol. The van der Waals surface area contributed by atoms with Crippen molar-refractivity contribution in [2.24, 2.45) is 0 Å². The van der Waals surface area contributed by atoms with E-state index in [1.165, 1.54) is 6.07 Å². The van der Waals surface area contributed by atoms with Gasteiger partial charge >= 0.3 is 6.18 Å². The molecule has 1 aromatic heterocycles. The van der Waals surface area contributed by atoms with E-state index < -0.39 is 16.5 Å². The highest BCUT2D eigenvalue weighted by atomic mass is 32.2. The largest absolute Gasteiger partial charge is 0.493 e. The standard InChI is InChI=1S/C20H23F3N2O3S2/c1-19(2,30-17-8-5-13(12-25-17)20(21,22)23)18(26)24-9-10-29-14-6-7-15(27-3)16(11-14)28-4/h5-8,11-12H,9-10H2,1-4H3,(H,24,26). The molecule has 0 aliphatic carbocycles. The number of pyridine rings is 1. The smallest absolute Gasteiger partial charge is 0.417 e. The molecule has 0 bridgehead atoms. The summed E-state index contributed by atoms with van der Waals surface area (Å²) in [7, 11) is 3.14. The summed E-state index contributed by atoms with van der Waals surface area (Å²) >= 11 is 2.66. The first-order valence-corrected chi connectivity index (χ1v) is 10.7. The van der Waals surface area contributed by atoms with Gasteiger partial charge in [-0.05, 0) is 44.2 Å². The number of nitrogens with zero attached hydrogens (tertiary/aromatic N) is 1. The molecular formula is C20H23F3N2O3S2. The maximum atomic E-state index is 12.6. The quantitative estimate of drug-likeness (QED) is 0.424. The van der Waals surface area contributed by atoms with Crippen molar-refractivity contribution in [3.05, 3.63) is 42.1 Å². The highest BCUT2D eigenvalue weighted by Gasteiger charge is 2.32. The van der Waals surface area contributed by atoms with E-state index in [0.29, 0.717) is 28.8 Å². The van der Waals surface area contributed by atoms with Crippen LogP contribution in [0.5, 0.6) is 11.5 Å². The third-order valence-corrected chi connectivity index (χ3v) is 6.12. The number of halogens is 3. The van der Waals surface area contributed by atoms with Gasteiger partial charge in [0.25, 0.3) is 0 Å². The highest BCUT2D eigenvalue weighted by molar-refractivity contribution is 8.01. The van der Waals surface area contributed by atoms with Crippen LogP contribution in [0.25, 0.3) is 0 Å². The molecule has 0 radical (unpaired) electrons. The van der Waals surface area contributed by atoms with Crippen LogP contribution in [0.3, 0.4) is 0 Å². The van der Waals surface area contributed by atoms with Crippen LogP contribution in [0, 0.1) is 0 Å². The van der Waals surface area contributed by atoms with Crippen molar-refractivity contribution in [1.29, 1.82) is 0 Å². The van der Waals surface area contributed by atoms with Crippen LogP contribution in [0.15, 0.2) is 46.5 Å². The van der Waals surface area contributed by atoms with E-state index in [2.05, 4.69) is 10.3 Å². The van der Waals surface area contributed by atoms with Gasteiger partial charge in [-0.1, -0.05) is 11.8 Å². The second-order valence-corrected chi connectivity index (χ2v) is 9.43. The number of carbonyl (C=O) groups is 1. The third kappa shape index (κ3) is 6.73. The zero-order chi connectivity index (χ0) is 22.4. The van der Waals surface area contributed by atoms with Crippen LogP contribution >= 0.6 is 23.5 Å². The minimum absolute atomic E-state index is 0.220. The molecule has 2 aromatic rings. The summed E-state index contributed by atoms with van der Waals surface area (Å²) in [5.41, 5.74) is -0.818. The van der Waals surface area contributed by atoms with Gasteiger partial charge in [0.15, 0.2) is 11.5 Å². The van der Waals surface area contributed by atoms with Crippen LogP contribution < -0.4 is 14.8 Å². The number of alkyl halides is 3. The van der Waals surface area contributed by atoms with Crippen molar-refractivity contribution >= 4 is 29.4 Å². The molecule has 164 valence electrons. The number of amides is 1. The molecule has 5 nitrogen and oxygen atoms in total. The lowest BCUT2D eigenvalue weighted by molar-refractivity contribution is -0.137. The summed E-state index contributed by atoms with van der Waals surface area (Å²) in [5.74, 6) is 1.70. The lowest BCUT2D eigenvalue weighted by Gasteiger charge is -2.22. The molecule has 1 aromatic carbocycles. The normalized spacial score (nSPS) is 11.8. The summed E-state index contributed by atoms with van der Waals surface area (Å²) < 4.78 is 47.5. The number of methoxy groups -OCH3 is 2. The van der Waals surface area contributed by atoms with Gasteiger partial charge < -0.3 is 14.8 Å². The molecule has 0 unspecified atom stereocenters. The van der Waals surface area contributed by atoms with Gasteiger partial charge in [-0.3, -0.25) is 4.79 Å². The van der Waals surface area contributed by atoms with Crippen LogP contribution in [0.2, 0.25) is 0 Å². The predicted octanol–water partition coefficient (Wildman–Crippen LogP) is 4.90. The van der Waals surface area contributed by atoms with Crippen LogP contribution in [0.4, 0.5) is 13.2 Å². The Kier molecular flexibility index (Phi) is 8.31. The molecule has 0 fully saturated rings. The number of benzene rings is 1. The molecular weight excluding hydrogens is 437 g/mol. The van der Waals surface area contributed by atoms with E-state index in [1.807, 2.05) is 18.2 Å². The first-order valence-electron chi connectivity index (χ1n) is 8.92. The van der Waals surface area contributed by atoms with Gasteiger partial charge in [0.05, 0.1) is 29.6 Å². The lowest BCUT2D eigenvalue weighted by atomic mass is 10.2. The summed E-state index contributed by atoms with van der Waals surface area (Å²) in [6, 6.07) is 7.82. The Labute approximate surface area is 182 Å². The molecule has 0 saturated heterocycles. The van der Waals surface area contributed by atoms with Gasteiger partial charge in [0.2, 0.25) is 5.91 Å². The number of thioether (sulfide) groups is 2. The van der Waals surface area contributed by atoms with E-state index in [-0.39, 0.29) is 5.91 Å². The molecule has 0 aliphatic rings. The van der Waals surface area contributed by atoms with Crippen LogP contribution in [-0.2, 0) is 11.0 Å². The Bertz CT molecular complexity index is 859. The Morgan fingerprint density at radius 3 is 2.37 bits per heavy atom. The van der Waals surface area contributed by atoms with Gasteiger partial charge in [0, 0.05) is 23.4 Å². The minimum Gasteiger partial charge on any atom is -0.493 e. The van der Waals surface area contributed by atoms with Gasteiger partial charge in [-0.15, -0.1) is 11.8 Å². The fourth-order valence-electron chi connectivity index (χ4n) is 2.37. The van der Waals surface area contributed by atoms with E-state index in [0.717, 1.165) is 28.9 Å². The van der Waals surface area contributed by atoms with Crippen LogP contribution in [0.1, 0.15) is 19.4 Å². The molecule has 0 spiro atoms. The number of hydrogen-bond donors (Lipinski definition) is 1. The highest BCUT2D eigenvalue weighted by Crippen LogP contribution is 2.34. The van der Waals surface area contributed by atoms with Crippen molar-refractivity contribution in [1.82, 2.24) is 10.3 Å².